The van der Waals surface area contributed by atoms with Crippen LogP contribution in [0.15, 0.2) is 36.5 Å². The molecule has 1 saturated heterocycles. The maximum absolute atomic E-state index is 12.3. The van der Waals surface area contributed by atoms with E-state index in [2.05, 4.69) is 20.5 Å². The predicted octanol–water partition coefficient (Wildman–Crippen LogP) is 1.75. The molecular formula is C21H26N4O4. The van der Waals surface area contributed by atoms with Crippen LogP contribution in [0, 0.1) is 0 Å². The number of pyridine rings is 1. The van der Waals surface area contributed by atoms with Crippen LogP contribution in [-0.4, -0.2) is 50.7 Å². The number of ether oxygens (including phenoxy) is 2. The largest absolute Gasteiger partial charge is 0.493 e. The molecule has 0 bridgehead atoms. The quantitative estimate of drug-likeness (QED) is 0.704. The van der Waals surface area contributed by atoms with E-state index in [1.165, 1.54) is 27.1 Å². The van der Waals surface area contributed by atoms with Crippen molar-refractivity contribution in [3.63, 3.8) is 0 Å². The van der Waals surface area contributed by atoms with Crippen molar-refractivity contribution in [1.29, 1.82) is 0 Å². The first-order valence-electron chi connectivity index (χ1n) is 9.57. The van der Waals surface area contributed by atoms with E-state index in [1.807, 2.05) is 12.1 Å². The van der Waals surface area contributed by atoms with Crippen molar-refractivity contribution >= 4 is 17.6 Å². The number of aromatic nitrogens is 1. The van der Waals surface area contributed by atoms with E-state index in [1.54, 1.807) is 24.4 Å². The molecule has 0 spiro atoms. The summed E-state index contributed by atoms with van der Waals surface area (Å²) in [5.74, 6) is 1.32. The minimum Gasteiger partial charge on any atom is -0.493 e. The van der Waals surface area contributed by atoms with Gasteiger partial charge in [0.05, 0.1) is 20.8 Å². The molecule has 2 aromatic rings. The maximum Gasteiger partial charge on any atom is 0.251 e. The Balaban J connectivity index is 1.45. The Kier molecular flexibility index (Phi) is 6.89. The molecule has 1 aliphatic rings. The second kappa shape index (κ2) is 9.77. The standard InChI is InChI=1S/C21H26N4O4/c1-28-17-7-6-16(11-18(17)29-2)21(27)24-14-20(26)23-13-15-5-8-19(22-12-15)25-9-3-4-10-25/h5-8,11-12H,3-4,9-10,13-14H2,1-2H3,(H,23,26)(H,24,27). The Morgan fingerprint density at radius 1 is 1.03 bits per heavy atom. The van der Waals surface area contributed by atoms with Crippen molar-refractivity contribution < 1.29 is 19.1 Å². The predicted molar refractivity (Wildman–Crippen MR) is 109 cm³/mol. The van der Waals surface area contributed by atoms with Crippen LogP contribution in [-0.2, 0) is 11.3 Å². The van der Waals surface area contributed by atoms with Crippen LogP contribution in [0.3, 0.4) is 0 Å². The highest BCUT2D eigenvalue weighted by Crippen LogP contribution is 2.27. The van der Waals surface area contributed by atoms with Gasteiger partial charge in [-0.25, -0.2) is 4.98 Å². The van der Waals surface area contributed by atoms with E-state index in [4.69, 9.17) is 9.47 Å². The molecule has 154 valence electrons. The van der Waals surface area contributed by atoms with E-state index in [-0.39, 0.29) is 18.4 Å². The highest BCUT2D eigenvalue weighted by molar-refractivity contribution is 5.97. The lowest BCUT2D eigenvalue weighted by Gasteiger charge is -2.16. The number of nitrogens with one attached hydrogen (secondary N) is 2. The topological polar surface area (TPSA) is 92.8 Å². The van der Waals surface area contributed by atoms with Crippen LogP contribution in [0.4, 0.5) is 5.82 Å². The SMILES string of the molecule is COc1ccc(C(=O)NCC(=O)NCc2ccc(N3CCCC3)nc2)cc1OC. The van der Waals surface area contributed by atoms with Gasteiger partial charge in [-0.1, -0.05) is 6.07 Å². The summed E-state index contributed by atoms with van der Waals surface area (Å²) in [6.45, 7) is 2.33. The van der Waals surface area contributed by atoms with Gasteiger partial charge in [0.1, 0.15) is 5.82 Å². The third-order valence-corrected chi connectivity index (χ3v) is 4.78. The van der Waals surface area contributed by atoms with Crippen molar-refractivity contribution in [3.8, 4) is 11.5 Å². The minimum absolute atomic E-state index is 0.119. The highest BCUT2D eigenvalue weighted by atomic mass is 16.5. The number of anilines is 1. The first-order valence-corrected chi connectivity index (χ1v) is 9.57. The number of nitrogens with zero attached hydrogens (tertiary/aromatic N) is 2. The maximum atomic E-state index is 12.3. The summed E-state index contributed by atoms with van der Waals surface area (Å²) in [6.07, 6.45) is 4.18. The number of methoxy groups -OCH3 is 2. The van der Waals surface area contributed by atoms with Crippen molar-refractivity contribution in [1.82, 2.24) is 15.6 Å². The molecule has 1 aliphatic heterocycles. The van der Waals surface area contributed by atoms with Crippen molar-refractivity contribution in [3.05, 3.63) is 47.7 Å². The number of benzene rings is 1. The molecule has 1 fully saturated rings. The van der Waals surface area contributed by atoms with Crippen molar-refractivity contribution in [2.45, 2.75) is 19.4 Å². The molecule has 2 amide bonds. The molecule has 0 unspecified atom stereocenters. The van der Waals surface area contributed by atoms with Gasteiger partial charge in [0, 0.05) is 31.4 Å². The lowest BCUT2D eigenvalue weighted by atomic mass is 10.2. The average Bonchev–Trinajstić information content (AvgIpc) is 3.30. The van der Waals surface area contributed by atoms with Gasteiger partial charge in [0.2, 0.25) is 5.91 Å². The molecule has 8 nitrogen and oxygen atoms in total. The van der Waals surface area contributed by atoms with E-state index in [9.17, 15) is 9.59 Å². The van der Waals surface area contributed by atoms with Gasteiger partial charge in [-0.2, -0.15) is 0 Å². The highest BCUT2D eigenvalue weighted by Gasteiger charge is 2.14. The summed E-state index contributed by atoms with van der Waals surface area (Å²) in [7, 11) is 3.02. The van der Waals surface area contributed by atoms with Gasteiger partial charge in [0.15, 0.2) is 11.5 Å². The summed E-state index contributed by atoms with van der Waals surface area (Å²) >= 11 is 0. The molecule has 0 saturated carbocycles. The van der Waals surface area contributed by atoms with Crippen LogP contribution in [0.5, 0.6) is 11.5 Å². The third kappa shape index (κ3) is 5.37. The molecule has 1 aromatic heterocycles. The summed E-state index contributed by atoms with van der Waals surface area (Å²) in [5.41, 5.74) is 1.30. The monoisotopic (exact) mass is 398 g/mol. The molecule has 0 radical (unpaired) electrons. The van der Waals surface area contributed by atoms with Crippen LogP contribution in [0.2, 0.25) is 0 Å². The van der Waals surface area contributed by atoms with Gasteiger partial charge in [-0.05, 0) is 42.7 Å². The zero-order valence-electron chi connectivity index (χ0n) is 16.7. The normalized spacial score (nSPS) is 13.1. The molecule has 29 heavy (non-hydrogen) atoms. The lowest BCUT2D eigenvalue weighted by molar-refractivity contribution is -0.120. The number of hydrogen-bond acceptors (Lipinski definition) is 6. The molecule has 0 aliphatic carbocycles. The van der Waals surface area contributed by atoms with Gasteiger partial charge >= 0.3 is 0 Å². The van der Waals surface area contributed by atoms with Gasteiger partial charge in [0.25, 0.3) is 5.91 Å². The zero-order valence-corrected chi connectivity index (χ0v) is 16.7. The van der Waals surface area contributed by atoms with E-state index in [0.29, 0.717) is 23.6 Å². The first-order chi connectivity index (χ1) is 14.1. The smallest absolute Gasteiger partial charge is 0.251 e. The zero-order chi connectivity index (χ0) is 20.6. The summed E-state index contributed by atoms with van der Waals surface area (Å²) in [6, 6.07) is 8.77. The minimum atomic E-state index is -0.363. The number of amides is 2. The molecule has 2 N–H and O–H groups in total. The van der Waals surface area contributed by atoms with E-state index >= 15 is 0 Å². The van der Waals surface area contributed by atoms with Crippen LogP contribution >= 0.6 is 0 Å². The fraction of sp³-hybridized carbons (Fsp3) is 0.381. The Labute approximate surface area is 170 Å². The first kappa shape index (κ1) is 20.4. The number of carbonyl (C=O) groups excluding carboxylic acids is 2. The molecule has 3 rings (SSSR count). The lowest BCUT2D eigenvalue weighted by Crippen LogP contribution is -2.36. The van der Waals surface area contributed by atoms with Gasteiger partial charge < -0.3 is 25.0 Å². The second-order valence-corrected chi connectivity index (χ2v) is 6.75. The van der Waals surface area contributed by atoms with E-state index in [0.717, 1.165) is 24.5 Å². The Morgan fingerprint density at radius 3 is 2.45 bits per heavy atom. The molecule has 0 atom stereocenters. The molecule has 1 aromatic carbocycles. The Bertz CT molecular complexity index is 848. The fourth-order valence-electron chi connectivity index (χ4n) is 3.16. The number of rotatable bonds is 8. The fourth-order valence-corrected chi connectivity index (χ4v) is 3.16. The van der Waals surface area contributed by atoms with Crippen LogP contribution in [0.25, 0.3) is 0 Å². The number of hydrogen-bond donors (Lipinski definition) is 2. The molecule has 8 heteroatoms. The van der Waals surface area contributed by atoms with Crippen LogP contribution in [0.1, 0.15) is 28.8 Å². The number of carbonyl (C=O) groups is 2. The van der Waals surface area contributed by atoms with E-state index < -0.39 is 0 Å². The summed E-state index contributed by atoms with van der Waals surface area (Å²) in [4.78, 5) is 31.0. The van der Waals surface area contributed by atoms with Crippen molar-refractivity contribution in [2.75, 3.05) is 38.8 Å². The molecule has 2 heterocycles. The third-order valence-electron chi connectivity index (χ3n) is 4.78. The van der Waals surface area contributed by atoms with Gasteiger partial charge in [-0.3, -0.25) is 9.59 Å². The second-order valence-electron chi connectivity index (χ2n) is 6.75. The van der Waals surface area contributed by atoms with Gasteiger partial charge in [-0.15, -0.1) is 0 Å². The summed E-state index contributed by atoms with van der Waals surface area (Å²) < 4.78 is 10.3. The Morgan fingerprint density at radius 2 is 1.79 bits per heavy atom. The van der Waals surface area contributed by atoms with Crippen molar-refractivity contribution in [2.24, 2.45) is 0 Å². The van der Waals surface area contributed by atoms with Crippen LogP contribution < -0.4 is 25.0 Å². The average molecular weight is 398 g/mol. The molecular weight excluding hydrogens is 372 g/mol. The summed E-state index contributed by atoms with van der Waals surface area (Å²) in [5, 5.41) is 5.38. The Hall–Kier alpha value is -3.29.